The zero-order valence-corrected chi connectivity index (χ0v) is 19.0. The average molecular weight is 428 g/mol. The number of allylic oxidation sites excluding steroid dienone is 1. The summed E-state index contributed by atoms with van der Waals surface area (Å²) in [5.41, 5.74) is 4.13. The number of aliphatic imine (C=N–C) groups is 1. The molecule has 2 aliphatic heterocycles. The summed E-state index contributed by atoms with van der Waals surface area (Å²) in [6.45, 7) is 11.3. The van der Waals surface area contributed by atoms with Crippen molar-refractivity contribution in [2.75, 3.05) is 13.1 Å². The van der Waals surface area contributed by atoms with Gasteiger partial charge in [0.1, 0.15) is 0 Å². The van der Waals surface area contributed by atoms with Gasteiger partial charge < -0.3 is 14.9 Å². The van der Waals surface area contributed by atoms with E-state index in [0.29, 0.717) is 36.0 Å². The molecule has 1 aromatic rings. The molecule has 1 amide bonds. The molecule has 0 bridgehead atoms. The van der Waals surface area contributed by atoms with Gasteiger partial charge in [0.15, 0.2) is 5.17 Å². The summed E-state index contributed by atoms with van der Waals surface area (Å²) >= 11 is 1.41. The number of nitrogens with zero attached hydrogens (tertiary/aromatic N) is 3. The molecule has 160 valence electrons. The Morgan fingerprint density at radius 1 is 1.20 bits per heavy atom. The van der Waals surface area contributed by atoms with Crippen molar-refractivity contribution in [3.05, 3.63) is 57.8 Å². The van der Waals surface area contributed by atoms with Gasteiger partial charge in [0.25, 0.3) is 5.91 Å². The van der Waals surface area contributed by atoms with E-state index in [4.69, 9.17) is 0 Å². The highest BCUT2D eigenvalue weighted by molar-refractivity contribution is 8.16. The molecular formula is C23H29N3O3S. The molecular weight excluding hydrogens is 398 g/mol. The Kier molecular flexibility index (Phi) is 6.71. The first kappa shape index (κ1) is 22.2. The van der Waals surface area contributed by atoms with Crippen molar-refractivity contribution in [2.24, 2.45) is 4.99 Å². The molecule has 6 nitrogen and oxygen atoms in total. The number of likely N-dealkylation sites (N-methyl/N-ethyl adjacent to an activating group) is 1. The van der Waals surface area contributed by atoms with Gasteiger partial charge in [-0.25, -0.2) is 4.99 Å². The quantitative estimate of drug-likeness (QED) is 0.681. The van der Waals surface area contributed by atoms with E-state index in [9.17, 15) is 14.7 Å². The number of carboxylic acids is 1. The summed E-state index contributed by atoms with van der Waals surface area (Å²) in [7, 11) is 0. The molecule has 0 aliphatic carbocycles. The van der Waals surface area contributed by atoms with Crippen LogP contribution in [0.15, 0.2) is 51.6 Å². The number of carbonyl (C=O) groups is 2. The zero-order valence-electron chi connectivity index (χ0n) is 18.2. The van der Waals surface area contributed by atoms with E-state index in [-0.39, 0.29) is 12.3 Å². The second kappa shape index (κ2) is 9.08. The van der Waals surface area contributed by atoms with Gasteiger partial charge in [0.2, 0.25) is 0 Å². The summed E-state index contributed by atoms with van der Waals surface area (Å²) in [4.78, 5) is 33.3. The molecule has 2 heterocycles. The molecule has 1 unspecified atom stereocenters. The van der Waals surface area contributed by atoms with Crippen LogP contribution in [0.5, 0.6) is 0 Å². The first-order valence-electron chi connectivity index (χ1n) is 10.3. The Bertz CT molecular complexity index is 928. The minimum absolute atomic E-state index is 0.0511. The molecule has 0 spiro atoms. The minimum Gasteiger partial charge on any atom is -0.481 e. The third-order valence-electron chi connectivity index (χ3n) is 5.53. The van der Waals surface area contributed by atoms with E-state index in [1.54, 1.807) is 4.90 Å². The Morgan fingerprint density at radius 3 is 2.37 bits per heavy atom. The topological polar surface area (TPSA) is 73.2 Å². The SMILES string of the molecule is CCN(CC)C(=O)C1=C(C)N=C2SC=C(CC(=O)O)N2C1c1ccc(C(C)C)cc1. The monoisotopic (exact) mass is 427 g/mol. The molecule has 0 saturated carbocycles. The number of carbonyl (C=O) groups excluding carboxylic acids is 1. The number of aliphatic carboxylic acids is 1. The third-order valence-corrected chi connectivity index (χ3v) is 6.42. The van der Waals surface area contributed by atoms with E-state index in [1.165, 1.54) is 17.3 Å². The normalized spacial score (nSPS) is 18.3. The second-order valence-electron chi connectivity index (χ2n) is 7.76. The highest BCUT2D eigenvalue weighted by atomic mass is 32.2. The maximum Gasteiger partial charge on any atom is 0.309 e. The maximum atomic E-state index is 13.5. The van der Waals surface area contributed by atoms with Crippen molar-refractivity contribution in [1.29, 1.82) is 0 Å². The van der Waals surface area contributed by atoms with Gasteiger partial charge >= 0.3 is 5.97 Å². The lowest BCUT2D eigenvalue weighted by molar-refractivity contribution is -0.136. The van der Waals surface area contributed by atoms with Crippen LogP contribution in [0.4, 0.5) is 0 Å². The molecule has 0 saturated heterocycles. The Labute approximate surface area is 182 Å². The molecule has 3 rings (SSSR count). The second-order valence-corrected chi connectivity index (χ2v) is 8.60. The Hall–Kier alpha value is -2.54. The number of amides is 1. The predicted molar refractivity (Wildman–Crippen MR) is 121 cm³/mol. The lowest BCUT2D eigenvalue weighted by atomic mass is 9.91. The van der Waals surface area contributed by atoms with Gasteiger partial charge in [-0.1, -0.05) is 49.9 Å². The molecule has 7 heteroatoms. The van der Waals surface area contributed by atoms with Crippen molar-refractivity contribution < 1.29 is 14.7 Å². The molecule has 0 aromatic heterocycles. The largest absolute Gasteiger partial charge is 0.481 e. The molecule has 30 heavy (non-hydrogen) atoms. The number of carboxylic acid groups (broad SMARTS) is 1. The maximum absolute atomic E-state index is 13.5. The van der Waals surface area contributed by atoms with Crippen LogP contribution in [0, 0.1) is 0 Å². The average Bonchev–Trinajstić information content (AvgIpc) is 3.09. The number of hydrogen-bond donors (Lipinski definition) is 1. The van der Waals surface area contributed by atoms with Crippen LogP contribution < -0.4 is 0 Å². The van der Waals surface area contributed by atoms with Crippen LogP contribution in [0.1, 0.15) is 64.1 Å². The van der Waals surface area contributed by atoms with Crippen LogP contribution in [0.25, 0.3) is 0 Å². The molecule has 0 fully saturated rings. The van der Waals surface area contributed by atoms with Crippen LogP contribution in [0.2, 0.25) is 0 Å². The van der Waals surface area contributed by atoms with E-state index in [2.05, 4.69) is 31.0 Å². The van der Waals surface area contributed by atoms with Gasteiger partial charge in [-0.15, -0.1) is 0 Å². The highest BCUT2D eigenvalue weighted by Crippen LogP contribution is 2.45. The van der Waals surface area contributed by atoms with E-state index >= 15 is 0 Å². The number of benzene rings is 1. The van der Waals surface area contributed by atoms with Crippen LogP contribution >= 0.6 is 11.8 Å². The summed E-state index contributed by atoms with van der Waals surface area (Å²) in [5.74, 6) is -0.550. The smallest absolute Gasteiger partial charge is 0.309 e. The number of amidine groups is 1. The fraction of sp³-hybridized carbons (Fsp3) is 0.435. The van der Waals surface area contributed by atoms with Gasteiger partial charge in [-0.2, -0.15) is 0 Å². The molecule has 1 atom stereocenters. The Balaban J connectivity index is 2.13. The fourth-order valence-electron chi connectivity index (χ4n) is 3.86. The summed E-state index contributed by atoms with van der Waals surface area (Å²) in [5, 5.41) is 12.0. The Morgan fingerprint density at radius 2 is 1.83 bits per heavy atom. The van der Waals surface area contributed by atoms with Crippen LogP contribution in [0.3, 0.4) is 0 Å². The summed E-state index contributed by atoms with van der Waals surface area (Å²) in [6, 6.07) is 7.88. The first-order valence-corrected chi connectivity index (χ1v) is 11.2. The fourth-order valence-corrected chi connectivity index (χ4v) is 4.82. The third kappa shape index (κ3) is 4.17. The van der Waals surface area contributed by atoms with Crippen molar-refractivity contribution in [2.45, 2.75) is 53.0 Å². The van der Waals surface area contributed by atoms with Crippen molar-refractivity contribution >= 4 is 28.8 Å². The number of hydrogen-bond acceptors (Lipinski definition) is 5. The summed E-state index contributed by atoms with van der Waals surface area (Å²) < 4.78 is 0. The molecule has 1 aromatic carbocycles. The van der Waals surface area contributed by atoms with E-state index in [0.717, 1.165) is 10.7 Å². The molecule has 0 radical (unpaired) electrons. The van der Waals surface area contributed by atoms with Crippen molar-refractivity contribution in [3.63, 3.8) is 0 Å². The number of thioether (sulfide) groups is 1. The first-order chi connectivity index (χ1) is 14.3. The summed E-state index contributed by atoms with van der Waals surface area (Å²) in [6.07, 6.45) is -0.113. The van der Waals surface area contributed by atoms with Crippen LogP contribution in [-0.2, 0) is 9.59 Å². The van der Waals surface area contributed by atoms with Gasteiger partial charge in [0, 0.05) is 18.8 Å². The standard InChI is InChI=1S/C23H29N3O3S/c1-6-25(7-2)22(29)20-15(5)24-23-26(18(13-30-23)12-19(27)28)21(20)17-10-8-16(9-11-17)14(3)4/h8-11,13-14,21H,6-7,12H2,1-5H3,(H,27,28). The predicted octanol–water partition coefficient (Wildman–Crippen LogP) is 4.73. The van der Waals surface area contributed by atoms with Gasteiger partial charge in [0.05, 0.1) is 23.7 Å². The number of fused-ring (bicyclic) bond motifs is 1. The van der Waals surface area contributed by atoms with E-state index < -0.39 is 12.0 Å². The van der Waals surface area contributed by atoms with E-state index in [1.807, 2.05) is 43.2 Å². The van der Waals surface area contributed by atoms with Gasteiger partial charge in [-0.05, 0) is 43.2 Å². The lowest BCUT2D eigenvalue weighted by Crippen LogP contribution is -2.41. The molecule has 2 aliphatic rings. The van der Waals surface area contributed by atoms with Crippen LogP contribution in [-0.4, -0.2) is 45.0 Å². The van der Waals surface area contributed by atoms with Crippen molar-refractivity contribution in [3.8, 4) is 0 Å². The highest BCUT2D eigenvalue weighted by Gasteiger charge is 2.41. The van der Waals surface area contributed by atoms with Crippen molar-refractivity contribution in [1.82, 2.24) is 9.80 Å². The number of rotatable bonds is 7. The zero-order chi connectivity index (χ0) is 22.0. The molecule has 1 N–H and O–H groups in total. The minimum atomic E-state index is -0.903. The van der Waals surface area contributed by atoms with Gasteiger partial charge in [-0.3, -0.25) is 9.59 Å². The lowest BCUT2D eigenvalue weighted by Gasteiger charge is -2.38.